The summed E-state index contributed by atoms with van der Waals surface area (Å²) in [6.07, 6.45) is 0. The number of benzene rings is 3. The second-order valence-corrected chi connectivity index (χ2v) is 11.7. The van der Waals surface area contributed by atoms with Crippen molar-refractivity contribution in [1.29, 1.82) is 0 Å². The monoisotopic (exact) mass is 426 g/mol. The first-order valence-corrected chi connectivity index (χ1v) is 11.7. The van der Waals surface area contributed by atoms with Crippen LogP contribution in [0.5, 0.6) is 11.5 Å². The van der Waals surface area contributed by atoms with E-state index in [1.54, 1.807) is 0 Å². The molecule has 0 saturated carbocycles. The van der Waals surface area contributed by atoms with Crippen LogP contribution >= 0.6 is 0 Å². The minimum Gasteiger partial charge on any atom is -0.493 e. The van der Waals surface area contributed by atoms with E-state index in [1.165, 1.54) is 33.4 Å². The van der Waals surface area contributed by atoms with Crippen molar-refractivity contribution in [3.63, 3.8) is 0 Å². The fourth-order valence-corrected chi connectivity index (χ4v) is 5.06. The summed E-state index contributed by atoms with van der Waals surface area (Å²) in [7, 11) is 0. The summed E-state index contributed by atoms with van der Waals surface area (Å²) in [5.41, 5.74) is 8.38. The van der Waals surface area contributed by atoms with Crippen LogP contribution in [0.15, 0.2) is 60.7 Å². The Balaban J connectivity index is 1.72. The van der Waals surface area contributed by atoms with Crippen molar-refractivity contribution in [3.8, 4) is 11.5 Å². The first-order valence-electron chi connectivity index (χ1n) is 11.7. The minimum atomic E-state index is 0.0950. The average molecular weight is 427 g/mol. The first kappa shape index (κ1) is 21.1. The average Bonchev–Trinajstić information content (AvgIpc) is 2.75. The van der Waals surface area contributed by atoms with Gasteiger partial charge in [0.1, 0.15) is 11.5 Å². The molecule has 0 spiro atoms. The topological polar surface area (TPSA) is 18.5 Å². The summed E-state index contributed by atoms with van der Waals surface area (Å²) in [5.74, 6) is 2.35. The lowest BCUT2D eigenvalue weighted by Crippen LogP contribution is -2.29. The molecule has 166 valence electrons. The molecule has 0 N–H and O–H groups in total. The van der Waals surface area contributed by atoms with Crippen LogP contribution in [0.1, 0.15) is 86.8 Å². The maximum Gasteiger partial charge on any atom is 0.124 e. The Labute approximate surface area is 192 Å². The second-order valence-electron chi connectivity index (χ2n) is 11.7. The Bertz CT molecular complexity index is 1020. The largest absolute Gasteiger partial charge is 0.493 e. The van der Waals surface area contributed by atoms with Gasteiger partial charge in [-0.2, -0.15) is 0 Å². The molecule has 0 fully saturated rings. The van der Waals surface area contributed by atoms with Crippen molar-refractivity contribution in [2.75, 3.05) is 13.2 Å². The molecule has 3 aromatic rings. The molecule has 0 unspecified atom stereocenters. The van der Waals surface area contributed by atoms with Crippen LogP contribution in [0.4, 0.5) is 0 Å². The summed E-state index contributed by atoms with van der Waals surface area (Å²) in [4.78, 5) is 0. The number of ether oxygens (including phenoxy) is 2. The molecule has 3 aromatic carbocycles. The molecule has 0 saturated heterocycles. The number of hydrogen-bond acceptors (Lipinski definition) is 2. The lowest BCUT2D eigenvalue weighted by atomic mass is 9.60. The van der Waals surface area contributed by atoms with Gasteiger partial charge in [0.25, 0.3) is 0 Å². The van der Waals surface area contributed by atoms with Crippen LogP contribution in [-0.2, 0) is 0 Å². The summed E-state index contributed by atoms with van der Waals surface area (Å²) >= 11 is 0. The van der Waals surface area contributed by atoms with Crippen molar-refractivity contribution >= 4 is 0 Å². The van der Waals surface area contributed by atoms with Crippen molar-refractivity contribution in [1.82, 2.24) is 0 Å². The van der Waals surface area contributed by atoms with E-state index >= 15 is 0 Å². The standard InChI is InChI=1S/C30H34O2/c1-29(2,3)17-31-23-15-16-24(32-18-30(4,5)6)28-26-21-13-9-7-11-19(21)25(27(23)28)20-12-8-10-14-22(20)26/h7-16,25-26H,17-18H2,1-6H3. The van der Waals surface area contributed by atoms with Crippen molar-refractivity contribution < 1.29 is 9.47 Å². The predicted octanol–water partition coefficient (Wildman–Crippen LogP) is 7.52. The molecule has 2 heteroatoms. The predicted molar refractivity (Wildman–Crippen MR) is 131 cm³/mol. The fourth-order valence-electron chi connectivity index (χ4n) is 5.06. The van der Waals surface area contributed by atoms with Crippen LogP contribution in [0.25, 0.3) is 0 Å². The molecule has 32 heavy (non-hydrogen) atoms. The normalized spacial score (nSPS) is 18.6. The Morgan fingerprint density at radius 3 is 1.12 bits per heavy atom. The van der Waals surface area contributed by atoms with Crippen LogP contribution in [0.2, 0.25) is 0 Å². The van der Waals surface area contributed by atoms with E-state index in [9.17, 15) is 0 Å². The van der Waals surface area contributed by atoms with Crippen molar-refractivity contribution in [2.45, 2.75) is 53.4 Å². The number of rotatable bonds is 4. The molecule has 6 rings (SSSR count). The molecular weight excluding hydrogens is 392 g/mol. The molecular formula is C30H34O2. The molecule has 0 atom stereocenters. The van der Waals surface area contributed by atoms with Gasteiger partial charge in [0.15, 0.2) is 0 Å². The highest BCUT2D eigenvalue weighted by Crippen LogP contribution is 2.60. The van der Waals surface area contributed by atoms with Gasteiger partial charge in [0.2, 0.25) is 0 Å². The van der Waals surface area contributed by atoms with Gasteiger partial charge in [0, 0.05) is 23.0 Å². The SMILES string of the molecule is CC(C)(C)COc1ccc(OCC(C)(C)C)c2c1C1c3ccccc3C2c2ccccc21. The van der Waals surface area contributed by atoms with Gasteiger partial charge in [-0.15, -0.1) is 0 Å². The Kier molecular flexibility index (Phi) is 4.89. The minimum absolute atomic E-state index is 0.0950. The molecule has 0 radical (unpaired) electrons. The van der Waals surface area contributed by atoms with Gasteiger partial charge in [-0.3, -0.25) is 0 Å². The molecule has 2 nitrogen and oxygen atoms in total. The molecule has 3 aliphatic rings. The lowest BCUT2D eigenvalue weighted by Gasteiger charge is -2.43. The highest BCUT2D eigenvalue weighted by molar-refractivity contribution is 5.73. The summed E-state index contributed by atoms with van der Waals surface area (Å²) in [6.45, 7) is 14.7. The fraction of sp³-hybridized carbons (Fsp3) is 0.400. The van der Waals surface area contributed by atoms with E-state index in [0.717, 1.165) is 11.5 Å². The van der Waals surface area contributed by atoms with Crippen LogP contribution in [0.3, 0.4) is 0 Å². The van der Waals surface area contributed by atoms with Crippen LogP contribution in [0, 0.1) is 10.8 Å². The molecule has 0 heterocycles. The van der Waals surface area contributed by atoms with E-state index in [0.29, 0.717) is 13.2 Å². The lowest BCUT2D eigenvalue weighted by molar-refractivity contribution is 0.189. The van der Waals surface area contributed by atoms with E-state index in [1.807, 2.05) is 0 Å². The van der Waals surface area contributed by atoms with Crippen molar-refractivity contribution in [3.05, 3.63) is 94.0 Å². The van der Waals surface area contributed by atoms with Gasteiger partial charge >= 0.3 is 0 Å². The molecule has 3 aliphatic carbocycles. The third-order valence-electron chi connectivity index (χ3n) is 6.34. The van der Waals surface area contributed by atoms with Gasteiger partial charge in [-0.05, 0) is 45.2 Å². The van der Waals surface area contributed by atoms with E-state index < -0.39 is 0 Å². The Morgan fingerprint density at radius 2 is 0.844 bits per heavy atom. The second kappa shape index (κ2) is 7.40. The summed E-state index contributed by atoms with van der Waals surface area (Å²) < 4.78 is 13.0. The molecule has 0 amide bonds. The maximum atomic E-state index is 6.50. The Morgan fingerprint density at radius 1 is 0.531 bits per heavy atom. The van der Waals surface area contributed by atoms with E-state index in [2.05, 4.69) is 102 Å². The van der Waals surface area contributed by atoms with Crippen molar-refractivity contribution in [2.24, 2.45) is 10.8 Å². The highest BCUT2D eigenvalue weighted by atomic mass is 16.5. The smallest absolute Gasteiger partial charge is 0.124 e. The molecule has 0 aliphatic heterocycles. The van der Waals surface area contributed by atoms with E-state index in [-0.39, 0.29) is 22.7 Å². The highest BCUT2D eigenvalue weighted by Gasteiger charge is 2.44. The van der Waals surface area contributed by atoms with Gasteiger partial charge < -0.3 is 9.47 Å². The van der Waals surface area contributed by atoms with Crippen LogP contribution in [-0.4, -0.2) is 13.2 Å². The third kappa shape index (κ3) is 3.60. The van der Waals surface area contributed by atoms with Gasteiger partial charge in [0.05, 0.1) is 13.2 Å². The molecule has 2 bridgehead atoms. The zero-order chi connectivity index (χ0) is 22.7. The zero-order valence-electron chi connectivity index (χ0n) is 20.2. The molecule has 0 aromatic heterocycles. The zero-order valence-corrected chi connectivity index (χ0v) is 20.2. The summed E-state index contributed by atoms with van der Waals surface area (Å²) in [6, 6.07) is 22.1. The van der Waals surface area contributed by atoms with E-state index in [4.69, 9.17) is 9.47 Å². The maximum absolute atomic E-state index is 6.50. The quantitative estimate of drug-likeness (QED) is 0.296. The Hall–Kier alpha value is -2.74. The third-order valence-corrected chi connectivity index (χ3v) is 6.34. The van der Waals surface area contributed by atoms with Gasteiger partial charge in [-0.1, -0.05) is 90.1 Å². The number of hydrogen-bond donors (Lipinski definition) is 0. The first-order chi connectivity index (χ1) is 15.1. The summed E-state index contributed by atoms with van der Waals surface area (Å²) in [5, 5.41) is 0. The van der Waals surface area contributed by atoms with Gasteiger partial charge in [-0.25, -0.2) is 0 Å². The van der Waals surface area contributed by atoms with Crippen LogP contribution < -0.4 is 9.47 Å².